The SMILES string of the molecule is CCCC[C@H](NC(=O)[C@@H]1CCCN1C(=O)[C@H](CCC(N)=O)NC(=O)CNC(=O)[C@@H]1CCCN1C(=O)[C@H](CCCNC(=N)N)NC(=O)[C@H](CC(C)C)NC(=O)[C@H](CCC(N)=O)NC(=O)[C@H](CC(C)C)NC(=O)[C@H](Cc1ccc(C(=O)c2ccccc2)cc1)NC(=O)[C@H](Cc1cnc[nH]1)NC(=O)[C@H](Cc1c[nH]c2ccccc12)NC(=O)CCc1ccc(O)c(I)c1)C(=O)N[C@@H](Cc1ccc(O)cc1)C(=O)O. The number of unbranched alkanes of at least 4 members (excludes halogenated alkanes) is 1. The van der Waals surface area contributed by atoms with Crippen LogP contribution in [0.5, 0.6) is 11.5 Å². The number of para-hydroxylation sites is 1. The van der Waals surface area contributed by atoms with Crippen molar-refractivity contribution in [1.82, 2.24) is 88.6 Å². The Labute approximate surface area is 817 Å². The summed E-state index contributed by atoms with van der Waals surface area (Å²) < 4.78 is 0.569. The number of halogens is 1. The highest BCUT2D eigenvalue weighted by Crippen LogP contribution is 2.27. The highest BCUT2D eigenvalue weighted by molar-refractivity contribution is 14.1. The molecule has 9 rings (SSSR count). The predicted octanol–water partition coefficient (Wildman–Crippen LogP) is 2.15. The third-order valence-electron chi connectivity index (χ3n) is 23.8. The van der Waals surface area contributed by atoms with Gasteiger partial charge >= 0.3 is 5.97 Å². The lowest BCUT2D eigenvalue weighted by Gasteiger charge is -2.31. The Balaban J connectivity index is 0.899. The van der Waals surface area contributed by atoms with Gasteiger partial charge in [-0.1, -0.05) is 138 Å². The molecule has 0 saturated carbocycles. The van der Waals surface area contributed by atoms with E-state index in [1.807, 2.05) is 53.8 Å². The molecule has 24 N–H and O–H groups in total. The van der Waals surface area contributed by atoms with Gasteiger partial charge in [0.15, 0.2) is 11.7 Å². The monoisotopic (exact) mass is 2030 g/mol. The number of ketones is 1. The molecule has 746 valence electrons. The van der Waals surface area contributed by atoms with E-state index in [9.17, 15) is 68.1 Å². The number of primary amides is 2. The second-order valence-electron chi connectivity index (χ2n) is 35.7. The van der Waals surface area contributed by atoms with Gasteiger partial charge in [-0.15, -0.1) is 0 Å². The van der Waals surface area contributed by atoms with Gasteiger partial charge in [0.05, 0.1) is 16.4 Å². The molecular formula is C97H126IN21O20. The molecule has 2 aliphatic rings. The maximum absolute atomic E-state index is 15.4. The van der Waals surface area contributed by atoms with Gasteiger partial charge in [0, 0.05) is 105 Å². The fraction of sp³-hybridized carbons (Fsp3) is 0.454. The summed E-state index contributed by atoms with van der Waals surface area (Å²) in [4.78, 5) is 254. The summed E-state index contributed by atoms with van der Waals surface area (Å²) in [7, 11) is 0. The molecule has 0 unspecified atom stereocenters. The van der Waals surface area contributed by atoms with E-state index in [4.69, 9.17) is 22.6 Å². The molecule has 0 spiro atoms. The van der Waals surface area contributed by atoms with Crippen molar-refractivity contribution in [2.75, 3.05) is 26.2 Å². The Hall–Kier alpha value is -14.4. The zero-order valence-electron chi connectivity index (χ0n) is 78.3. The van der Waals surface area contributed by atoms with Crippen molar-refractivity contribution in [1.29, 1.82) is 5.41 Å². The number of aliphatic carboxylic acids is 1. The van der Waals surface area contributed by atoms with Crippen molar-refractivity contribution in [3.05, 3.63) is 183 Å². The number of aromatic nitrogens is 3. The second-order valence-corrected chi connectivity index (χ2v) is 36.8. The quantitative estimate of drug-likeness (QED) is 0.00854. The maximum atomic E-state index is 15.4. The fourth-order valence-electron chi connectivity index (χ4n) is 16.5. The molecule has 2 aliphatic heterocycles. The summed E-state index contributed by atoms with van der Waals surface area (Å²) in [5.41, 5.74) is 20.9. The van der Waals surface area contributed by atoms with Crippen molar-refractivity contribution in [3.63, 3.8) is 0 Å². The van der Waals surface area contributed by atoms with Gasteiger partial charge in [0.25, 0.3) is 0 Å². The summed E-state index contributed by atoms with van der Waals surface area (Å²) in [6.07, 6.45) is 3.70. The normalized spacial score (nSPS) is 15.6. The minimum Gasteiger partial charge on any atom is -0.508 e. The topological polar surface area (TPSA) is 648 Å². The average molecular weight is 2030 g/mol. The van der Waals surface area contributed by atoms with Gasteiger partial charge in [0.1, 0.15) is 84.0 Å². The summed E-state index contributed by atoms with van der Waals surface area (Å²) >= 11 is 1.98. The first-order valence-electron chi connectivity index (χ1n) is 46.6. The number of carbonyl (C=O) groups excluding carboxylic acids is 16. The molecule has 15 amide bonds. The molecule has 12 atom stereocenters. The van der Waals surface area contributed by atoms with Crippen molar-refractivity contribution < 1.29 is 96.8 Å². The number of benzene rings is 5. The molecule has 0 radical (unpaired) electrons. The number of hydrogen-bond acceptors (Lipinski definition) is 21. The van der Waals surface area contributed by atoms with Crippen molar-refractivity contribution in [2.24, 2.45) is 29.0 Å². The number of phenols is 2. The number of carboxylic acid groups (broad SMARTS) is 1. The number of fused-ring (bicyclic) bond motifs is 1. The number of imidazole rings is 1. The third-order valence-corrected chi connectivity index (χ3v) is 24.7. The number of nitrogens with zero attached hydrogens (tertiary/aromatic N) is 3. The number of carboxylic acids is 1. The second kappa shape index (κ2) is 53.4. The maximum Gasteiger partial charge on any atom is 0.326 e. The Morgan fingerprint density at radius 1 is 0.489 bits per heavy atom. The van der Waals surface area contributed by atoms with E-state index in [0.717, 1.165) is 16.5 Å². The first-order chi connectivity index (χ1) is 66.3. The number of nitrogens with one attached hydrogen (secondary N) is 15. The van der Waals surface area contributed by atoms with Crippen LogP contribution in [0.3, 0.4) is 0 Å². The number of likely N-dealkylation sites (tertiary alicyclic amines) is 2. The minimum absolute atomic E-state index is 0.00209. The Morgan fingerprint density at radius 3 is 1.53 bits per heavy atom. The highest BCUT2D eigenvalue weighted by Gasteiger charge is 2.43. The largest absolute Gasteiger partial charge is 0.508 e. The van der Waals surface area contributed by atoms with Crippen LogP contribution in [0.15, 0.2) is 140 Å². The zero-order chi connectivity index (χ0) is 101. The Morgan fingerprint density at radius 2 is 0.964 bits per heavy atom. The molecule has 5 aromatic carbocycles. The molecule has 2 fully saturated rings. The van der Waals surface area contributed by atoms with Crippen LogP contribution in [-0.2, 0) is 109 Å². The van der Waals surface area contributed by atoms with Crippen molar-refractivity contribution >= 4 is 140 Å². The summed E-state index contributed by atoms with van der Waals surface area (Å²) in [6.45, 7) is 7.99. The Kier molecular flexibility index (Phi) is 41.6. The number of aryl methyl sites for hydroxylation is 1. The van der Waals surface area contributed by atoms with Crippen LogP contribution in [0.25, 0.3) is 10.9 Å². The van der Waals surface area contributed by atoms with Crippen LogP contribution in [0.2, 0.25) is 0 Å². The number of aromatic hydroxyl groups is 2. The molecule has 2 aromatic heterocycles. The molecule has 41 nitrogen and oxygen atoms in total. The number of rotatable bonds is 54. The van der Waals surface area contributed by atoms with Crippen molar-refractivity contribution in [2.45, 2.75) is 242 Å². The lowest BCUT2D eigenvalue weighted by Crippen LogP contribution is -2.61. The van der Waals surface area contributed by atoms with Crippen molar-refractivity contribution in [3.8, 4) is 11.5 Å². The number of guanidine groups is 1. The number of carbonyl (C=O) groups is 17. The van der Waals surface area contributed by atoms with Gasteiger partial charge < -0.3 is 116 Å². The van der Waals surface area contributed by atoms with Crippen LogP contribution in [0.4, 0.5) is 0 Å². The van der Waals surface area contributed by atoms with E-state index in [1.165, 1.54) is 52.7 Å². The lowest BCUT2D eigenvalue weighted by atomic mass is 9.98. The van der Waals surface area contributed by atoms with Gasteiger partial charge in [-0.05, 0) is 164 Å². The smallest absolute Gasteiger partial charge is 0.326 e. The molecule has 4 heterocycles. The number of phenolic OH excluding ortho intramolecular Hbond substituents is 2. The van der Waals surface area contributed by atoms with E-state index >= 15 is 28.8 Å². The van der Waals surface area contributed by atoms with E-state index in [1.54, 1.807) is 101 Å². The zero-order valence-corrected chi connectivity index (χ0v) is 80.4. The molecule has 0 bridgehead atoms. The van der Waals surface area contributed by atoms with E-state index in [-0.39, 0.29) is 151 Å². The van der Waals surface area contributed by atoms with Crippen LogP contribution in [-0.4, -0.2) is 245 Å². The molecule has 2 saturated heterocycles. The Bertz CT molecular complexity index is 5490. The summed E-state index contributed by atoms with van der Waals surface area (Å²) in [6, 6.07) is 15.5. The van der Waals surface area contributed by atoms with Gasteiger partial charge in [0.2, 0.25) is 88.6 Å². The van der Waals surface area contributed by atoms with Crippen LogP contribution in [0, 0.1) is 20.8 Å². The van der Waals surface area contributed by atoms with E-state index in [0.29, 0.717) is 50.8 Å². The van der Waals surface area contributed by atoms with E-state index < -0.39 is 199 Å². The molecule has 0 aliphatic carbocycles. The lowest BCUT2D eigenvalue weighted by molar-refractivity contribution is -0.144. The number of nitrogens with two attached hydrogens (primary N) is 3. The molecule has 139 heavy (non-hydrogen) atoms. The van der Waals surface area contributed by atoms with Gasteiger partial charge in [-0.25, -0.2) is 9.78 Å². The molecular weight excluding hydrogens is 1910 g/mol. The highest BCUT2D eigenvalue weighted by atomic mass is 127. The van der Waals surface area contributed by atoms with Gasteiger partial charge in [-0.2, -0.15) is 0 Å². The first-order valence-corrected chi connectivity index (χ1v) is 47.6. The molecule has 7 aromatic rings. The van der Waals surface area contributed by atoms with Gasteiger partial charge in [-0.3, -0.25) is 82.1 Å². The average Bonchev–Trinajstić information content (AvgIpc) is 1.70. The number of hydrogen-bond donors (Lipinski definition) is 21. The summed E-state index contributed by atoms with van der Waals surface area (Å²) in [5.74, 6) is -15.5. The number of H-pyrrole nitrogens is 2. The van der Waals surface area contributed by atoms with Crippen LogP contribution in [0.1, 0.15) is 181 Å². The number of aromatic amines is 2. The van der Waals surface area contributed by atoms with Crippen LogP contribution < -0.4 is 81.0 Å². The number of amides is 15. The minimum atomic E-state index is -1.68. The third kappa shape index (κ3) is 33.8. The fourth-order valence-corrected chi connectivity index (χ4v) is 17.1. The molecule has 42 heteroatoms. The van der Waals surface area contributed by atoms with Crippen LogP contribution >= 0.6 is 22.6 Å². The van der Waals surface area contributed by atoms with E-state index in [2.05, 4.69) is 78.8 Å². The standard InChI is InChI=1S/C97H126IN21O20/c1-6-7-19-67(85(127)117-76(96(138)139)47-58-26-32-63(120)33-27-58)111-93(135)78-23-15-42-119(78)95(137)70(35-38-81(100)123)108-83(125)52-106-92(134)77-22-14-41-118(77)94(136)69(21-13-40-104-97(101)102)112-88(130)72(44-55(4)5)113-86(128)68(34-37-80(99)122)110-87(129)71(43-54(2)3)114-89(131)73(46-57-24-30-60(31-25-57)84(126)59-16-9-8-10-17-59)115-91(133)75(49-62-51-103-53-107-62)116-90(132)74(48-61-50-105-66-20-12-11-18-64(61)66)109-82(124)39-29-56-28-36-79(121)65(98)45-56/h8-12,16-18,20,24-28,30-33,36,45,50-51,53-55,67-78,105,120-121H,6-7,13-15,19,21-23,29,34-35,37-44,46-49,52H2,1-5H3,(H2,99,122)(H2,100,123)(H,103,107)(H,106,134)(H,108,125)(H,109,124)(H,110,129)(H,111,135)(H,112,130)(H,113,128)(H,114,131)(H,115,133)(H,116,132)(H,117,127)(H,138,139)(H4,101,102,104)/t67-,68-,69-,70-,71-,72-,73-,74-,75-,76-,77-,78-/m0/s1. The summed E-state index contributed by atoms with van der Waals surface area (Å²) in [5, 5.41) is 70.8. The first kappa shape index (κ1) is 108. The predicted molar refractivity (Wildman–Crippen MR) is 519 cm³/mol.